The molecule has 3 rings (SSSR count). The lowest BCUT2D eigenvalue weighted by Crippen LogP contribution is -2.05. The van der Waals surface area contributed by atoms with Gasteiger partial charge in [-0.2, -0.15) is 0 Å². The van der Waals surface area contributed by atoms with Crippen molar-refractivity contribution in [1.82, 2.24) is 9.97 Å². The van der Waals surface area contributed by atoms with E-state index in [-0.39, 0.29) is 0 Å². The van der Waals surface area contributed by atoms with Crippen LogP contribution in [0.5, 0.6) is 0 Å². The molecule has 2 aromatic carbocycles. The summed E-state index contributed by atoms with van der Waals surface area (Å²) in [6, 6.07) is 15.5. The molecule has 4 N–H and O–H groups in total. The summed E-state index contributed by atoms with van der Waals surface area (Å²) in [4.78, 5) is 8.43. The lowest BCUT2D eigenvalue weighted by molar-refractivity contribution is 1.17. The third-order valence-corrected chi connectivity index (χ3v) is 4.34. The van der Waals surface area contributed by atoms with E-state index in [0.29, 0.717) is 17.3 Å². The highest BCUT2D eigenvalue weighted by Crippen LogP contribution is 2.31. The van der Waals surface area contributed by atoms with Gasteiger partial charge in [-0.3, -0.25) is 0 Å². The number of nitrogens with two attached hydrogens (primary N) is 1. The fourth-order valence-corrected chi connectivity index (χ4v) is 2.60. The van der Waals surface area contributed by atoms with Crippen LogP contribution in [0.3, 0.4) is 0 Å². The molecular weight excluding hydrogens is 422 g/mol. The van der Waals surface area contributed by atoms with Crippen LogP contribution in [0.2, 0.25) is 0 Å². The molecule has 0 atom stereocenters. The number of hydrogen-bond acceptors (Lipinski definition) is 5. The fourth-order valence-electron chi connectivity index (χ4n) is 1.95. The average molecular weight is 435 g/mol. The predicted octanol–water partition coefficient (Wildman–Crippen LogP) is 5.07. The summed E-state index contributed by atoms with van der Waals surface area (Å²) in [5.41, 5.74) is 8.41. The molecule has 0 bridgehead atoms. The van der Waals surface area contributed by atoms with Crippen LogP contribution in [-0.2, 0) is 0 Å². The highest BCUT2D eigenvalue weighted by atomic mass is 79.9. The van der Waals surface area contributed by atoms with Gasteiger partial charge >= 0.3 is 0 Å². The van der Waals surface area contributed by atoms with Gasteiger partial charge in [-0.1, -0.05) is 28.1 Å². The molecule has 0 unspecified atom stereocenters. The number of benzene rings is 2. The summed E-state index contributed by atoms with van der Waals surface area (Å²) >= 11 is 6.90. The molecule has 0 saturated heterocycles. The number of aromatic nitrogens is 2. The molecule has 5 nitrogen and oxygen atoms in total. The molecule has 1 aromatic heterocycles. The maximum absolute atomic E-state index is 6.18. The zero-order chi connectivity index (χ0) is 16.2. The van der Waals surface area contributed by atoms with Crippen LogP contribution in [0, 0.1) is 0 Å². The summed E-state index contributed by atoms with van der Waals surface area (Å²) in [7, 11) is 0. The van der Waals surface area contributed by atoms with Crippen LogP contribution < -0.4 is 16.4 Å². The van der Waals surface area contributed by atoms with Gasteiger partial charge in [0.25, 0.3) is 0 Å². The second-order valence-electron chi connectivity index (χ2n) is 4.72. The number of hydrogen-bond donors (Lipinski definition) is 3. The largest absolute Gasteiger partial charge is 0.393 e. The summed E-state index contributed by atoms with van der Waals surface area (Å²) in [5, 5.41) is 6.40. The number of nitrogens with one attached hydrogen (secondary N) is 2. The molecule has 0 amide bonds. The Bertz CT molecular complexity index is 821. The van der Waals surface area contributed by atoms with Gasteiger partial charge in [0.15, 0.2) is 11.6 Å². The topological polar surface area (TPSA) is 75.9 Å². The fraction of sp³-hybridized carbons (Fsp3) is 0. The van der Waals surface area contributed by atoms with Crippen molar-refractivity contribution in [2.75, 3.05) is 16.4 Å². The van der Waals surface area contributed by atoms with E-state index in [2.05, 4.69) is 52.5 Å². The molecule has 0 spiro atoms. The average Bonchev–Trinajstić information content (AvgIpc) is 2.55. The standard InChI is InChI=1S/C16H13Br2N5/c17-10-5-7-11(8-6-10)22-15-14(19)16(21-9-20-15)23-13-4-2-1-3-12(13)18/h1-9H,19H2,(H2,20,21,22,23). The van der Waals surface area contributed by atoms with Crippen molar-refractivity contribution in [1.29, 1.82) is 0 Å². The molecule has 0 aliphatic rings. The van der Waals surface area contributed by atoms with Gasteiger partial charge in [0.2, 0.25) is 0 Å². The van der Waals surface area contributed by atoms with E-state index in [1.807, 2.05) is 48.5 Å². The lowest BCUT2D eigenvalue weighted by Gasteiger charge is -2.13. The normalized spacial score (nSPS) is 10.3. The summed E-state index contributed by atoms with van der Waals surface area (Å²) in [6.07, 6.45) is 1.47. The monoisotopic (exact) mass is 433 g/mol. The van der Waals surface area contributed by atoms with E-state index in [1.165, 1.54) is 6.33 Å². The number of para-hydroxylation sites is 1. The molecule has 0 radical (unpaired) electrons. The minimum Gasteiger partial charge on any atom is -0.393 e. The van der Waals surface area contributed by atoms with Crippen molar-refractivity contribution in [3.05, 3.63) is 63.8 Å². The Morgan fingerprint density at radius 1 is 0.826 bits per heavy atom. The van der Waals surface area contributed by atoms with Crippen LogP contribution in [0.1, 0.15) is 0 Å². The Labute approximate surface area is 150 Å². The van der Waals surface area contributed by atoms with Crippen molar-refractivity contribution in [3.8, 4) is 0 Å². The van der Waals surface area contributed by atoms with Crippen molar-refractivity contribution < 1.29 is 0 Å². The van der Waals surface area contributed by atoms with Gasteiger partial charge in [-0.05, 0) is 52.3 Å². The Balaban J connectivity index is 1.86. The molecule has 7 heteroatoms. The van der Waals surface area contributed by atoms with Crippen molar-refractivity contribution in [3.63, 3.8) is 0 Å². The zero-order valence-corrected chi connectivity index (χ0v) is 15.1. The highest BCUT2D eigenvalue weighted by molar-refractivity contribution is 9.10. The third-order valence-electron chi connectivity index (χ3n) is 3.12. The molecule has 0 aliphatic heterocycles. The van der Waals surface area contributed by atoms with E-state index >= 15 is 0 Å². The number of nitrogen functional groups attached to an aromatic ring is 1. The Hall–Kier alpha value is -2.12. The first-order valence-electron chi connectivity index (χ1n) is 6.78. The van der Waals surface area contributed by atoms with Crippen molar-refractivity contribution >= 4 is 60.6 Å². The van der Waals surface area contributed by atoms with Gasteiger partial charge in [-0.15, -0.1) is 0 Å². The predicted molar refractivity (Wildman–Crippen MR) is 101 cm³/mol. The second-order valence-corrected chi connectivity index (χ2v) is 6.49. The number of rotatable bonds is 4. The van der Waals surface area contributed by atoms with Gasteiger partial charge in [0.05, 0.1) is 5.69 Å². The zero-order valence-electron chi connectivity index (χ0n) is 11.9. The summed E-state index contributed by atoms with van der Waals surface area (Å²) in [6.45, 7) is 0. The number of halogens is 2. The lowest BCUT2D eigenvalue weighted by atomic mass is 10.3. The van der Waals surface area contributed by atoms with Crippen molar-refractivity contribution in [2.45, 2.75) is 0 Å². The molecule has 1 heterocycles. The molecule has 116 valence electrons. The quantitative estimate of drug-likeness (QED) is 0.534. The molecule has 0 aliphatic carbocycles. The molecular formula is C16H13Br2N5. The first kappa shape index (κ1) is 15.8. The minimum absolute atomic E-state index is 0.450. The molecule has 0 saturated carbocycles. The van der Waals surface area contributed by atoms with Gasteiger partial charge in [-0.25, -0.2) is 9.97 Å². The second kappa shape index (κ2) is 6.97. The smallest absolute Gasteiger partial charge is 0.159 e. The van der Waals surface area contributed by atoms with Crippen molar-refractivity contribution in [2.24, 2.45) is 0 Å². The van der Waals surface area contributed by atoms with Crippen LogP contribution in [0.25, 0.3) is 0 Å². The van der Waals surface area contributed by atoms with E-state index in [1.54, 1.807) is 0 Å². The maximum atomic E-state index is 6.18. The highest BCUT2D eigenvalue weighted by Gasteiger charge is 2.10. The van der Waals surface area contributed by atoms with Gasteiger partial charge in [0, 0.05) is 14.6 Å². The van der Waals surface area contributed by atoms with Gasteiger partial charge < -0.3 is 16.4 Å². The van der Waals surface area contributed by atoms with Gasteiger partial charge in [0.1, 0.15) is 12.0 Å². The number of anilines is 5. The number of nitrogens with zero attached hydrogens (tertiary/aromatic N) is 2. The maximum Gasteiger partial charge on any atom is 0.159 e. The summed E-state index contributed by atoms with van der Waals surface area (Å²) < 4.78 is 1.94. The Morgan fingerprint density at radius 2 is 1.48 bits per heavy atom. The summed E-state index contributed by atoms with van der Waals surface area (Å²) in [5.74, 6) is 1.10. The Kier molecular flexibility index (Phi) is 4.78. The van der Waals surface area contributed by atoms with E-state index in [4.69, 9.17) is 5.73 Å². The SMILES string of the molecule is Nc1c(Nc2ccc(Br)cc2)ncnc1Nc1ccccc1Br. The van der Waals surface area contributed by atoms with E-state index < -0.39 is 0 Å². The van der Waals surface area contributed by atoms with Crippen LogP contribution in [0.4, 0.5) is 28.7 Å². The molecule has 0 fully saturated rings. The first-order valence-corrected chi connectivity index (χ1v) is 8.36. The van der Waals surface area contributed by atoms with Crippen LogP contribution in [0.15, 0.2) is 63.8 Å². The minimum atomic E-state index is 0.450. The first-order chi connectivity index (χ1) is 11.1. The van der Waals surface area contributed by atoms with E-state index in [9.17, 15) is 0 Å². The molecule has 23 heavy (non-hydrogen) atoms. The molecule has 3 aromatic rings. The third kappa shape index (κ3) is 3.80. The van der Waals surface area contributed by atoms with Crippen LogP contribution >= 0.6 is 31.9 Å². The Morgan fingerprint density at radius 3 is 2.17 bits per heavy atom. The van der Waals surface area contributed by atoms with Crippen LogP contribution in [-0.4, -0.2) is 9.97 Å². The van der Waals surface area contributed by atoms with E-state index in [0.717, 1.165) is 20.3 Å².